The minimum Gasteiger partial charge on any atom is -0.399 e. The number of ether oxygens (including phenoxy) is 1. The highest BCUT2D eigenvalue weighted by atomic mass is 19.4. The van der Waals surface area contributed by atoms with E-state index in [2.05, 4.69) is 0 Å². The van der Waals surface area contributed by atoms with Gasteiger partial charge in [0.1, 0.15) is 0 Å². The molecular weight excluding hydrogens is 245 g/mol. The molecule has 2 N–H and O–H groups in total. The number of nitrogens with two attached hydrogens (primary N) is 1. The largest absolute Gasteiger partial charge is 0.416 e. The summed E-state index contributed by atoms with van der Waals surface area (Å²) in [6, 6.07) is 3.95. The van der Waals surface area contributed by atoms with Crippen molar-refractivity contribution in [3.63, 3.8) is 0 Å². The van der Waals surface area contributed by atoms with Crippen molar-refractivity contribution in [2.45, 2.75) is 12.7 Å². The normalized spacial score (nSPS) is 17.9. The summed E-state index contributed by atoms with van der Waals surface area (Å²) in [5.74, 6) is 0. The Labute approximate surface area is 103 Å². The molecule has 0 spiro atoms. The third-order valence-corrected chi connectivity index (χ3v) is 2.94. The number of benzene rings is 1. The van der Waals surface area contributed by atoms with Gasteiger partial charge in [0.15, 0.2) is 0 Å². The van der Waals surface area contributed by atoms with E-state index in [1.807, 2.05) is 4.90 Å². The minimum absolute atomic E-state index is 0.132. The zero-order valence-corrected chi connectivity index (χ0v) is 9.83. The van der Waals surface area contributed by atoms with Crippen LogP contribution in [0, 0.1) is 0 Å². The van der Waals surface area contributed by atoms with Crippen LogP contribution < -0.4 is 5.73 Å². The number of anilines is 1. The van der Waals surface area contributed by atoms with E-state index < -0.39 is 11.7 Å². The molecule has 1 aromatic carbocycles. The van der Waals surface area contributed by atoms with Gasteiger partial charge in [0.25, 0.3) is 0 Å². The summed E-state index contributed by atoms with van der Waals surface area (Å²) in [6.07, 6.45) is -4.36. The second-order valence-corrected chi connectivity index (χ2v) is 4.30. The zero-order valence-electron chi connectivity index (χ0n) is 9.83. The highest BCUT2D eigenvalue weighted by molar-refractivity contribution is 5.46. The van der Waals surface area contributed by atoms with Crippen LogP contribution in [0.5, 0.6) is 0 Å². The van der Waals surface area contributed by atoms with Crippen molar-refractivity contribution in [1.29, 1.82) is 0 Å². The van der Waals surface area contributed by atoms with Gasteiger partial charge in [0, 0.05) is 25.3 Å². The van der Waals surface area contributed by atoms with Crippen molar-refractivity contribution in [2.24, 2.45) is 0 Å². The first kappa shape index (κ1) is 13.2. The molecule has 100 valence electrons. The lowest BCUT2D eigenvalue weighted by Gasteiger charge is -2.27. The first-order valence-corrected chi connectivity index (χ1v) is 5.72. The maximum atomic E-state index is 12.9. The Morgan fingerprint density at radius 2 is 1.89 bits per heavy atom. The van der Waals surface area contributed by atoms with Crippen LogP contribution in [0.15, 0.2) is 18.2 Å². The highest BCUT2D eigenvalue weighted by Gasteiger charge is 2.33. The van der Waals surface area contributed by atoms with Gasteiger partial charge in [0.2, 0.25) is 0 Å². The van der Waals surface area contributed by atoms with Crippen LogP contribution in [-0.4, -0.2) is 31.2 Å². The molecule has 0 radical (unpaired) electrons. The molecule has 0 aromatic heterocycles. The molecule has 3 nitrogen and oxygen atoms in total. The highest BCUT2D eigenvalue weighted by Crippen LogP contribution is 2.33. The van der Waals surface area contributed by atoms with E-state index >= 15 is 0 Å². The van der Waals surface area contributed by atoms with Gasteiger partial charge in [-0.3, -0.25) is 4.90 Å². The molecule has 2 rings (SSSR count). The van der Waals surface area contributed by atoms with Crippen LogP contribution >= 0.6 is 0 Å². The molecule has 6 heteroatoms. The fraction of sp³-hybridized carbons (Fsp3) is 0.500. The molecule has 1 aliphatic heterocycles. The molecule has 1 heterocycles. The number of alkyl halides is 3. The van der Waals surface area contributed by atoms with Gasteiger partial charge in [-0.1, -0.05) is 6.07 Å². The number of halogens is 3. The van der Waals surface area contributed by atoms with Crippen molar-refractivity contribution in [1.82, 2.24) is 4.90 Å². The zero-order chi connectivity index (χ0) is 13.2. The summed E-state index contributed by atoms with van der Waals surface area (Å²) in [6.45, 7) is 2.72. The number of hydrogen-bond acceptors (Lipinski definition) is 3. The maximum absolute atomic E-state index is 12.9. The Bertz CT molecular complexity index is 414. The average molecular weight is 260 g/mol. The molecule has 0 unspecified atom stereocenters. The van der Waals surface area contributed by atoms with Gasteiger partial charge in [0.05, 0.1) is 18.8 Å². The van der Waals surface area contributed by atoms with E-state index in [4.69, 9.17) is 10.5 Å². The van der Waals surface area contributed by atoms with Crippen LogP contribution in [0.4, 0.5) is 18.9 Å². The molecule has 1 saturated heterocycles. The lowest BCUT2D eigenvalue weighted by atomic mass is 10.1. The van der Waals surface area contributed by atoms with Gasteiger partial charge in [-0.2, -0.15) is 13.2 Å². The van der Waals surface area contributed by atoms with Crippen LogP contribution in [-0.2, 0) is 17.5 Å². The van der Waals surface area contributed by atoms with E-state index in [1.165, 1.54) is 12.1 Å². The van der Waals surface area contributed by atoms with Crippen LogP contribution in [0.25, 0.3) is 0 Å². The first-order valence-electron chi connectivity index (χ1n) is 5.72. The monoisotopic (exact) mass is 260 g/mol. The van der Waals surface area contributed by atoms with Gasteiger partial charge < -0.3 is 10.5 Å². The van der Waals surface area contributed by atoms with Crippen molar-refractivity contribution in [3.05, 3.63) is 29.3 Å². The molecule has 1 aromatic rings. The van der Waals surface area contributed by atoms with Gasteiger partial charge in [-0.05, 0) is 17.7 Å². The lowest BCUT2D eigenvalue weighted by Crippen LogP contribution is -2.36. The number of morpholine rings is 1. The summed E-state index contributed by atoms with van der Waals surface area (Å²) < 4.78 is 43.8. The van der Waals surface area contributed by atoms with Crippen molar-refractivity contribution in [3.8, 4) is 0 Å². The van der Waals surface area contributed by atoms with Crippen LogP contribution in [0.2, 0.25) is 0 Å². The fourth-order valence-electron chi connectivity index (χ4n) is 2.00. The van der Waals surface area contributed by atoms with Crippen molar-refractivity contribution < 1.29 is 17.9 Å². The van der Waals surface area contributed by atoms with E-state index in [-0.39, 0.29) is 17.8 Å². The molecule has 1 aliphatic rings. The third-order valence-electron chi connectivity index (χ3n) is 2.94. The quantitative estimate of drug-likeness (QED) is 0.828. The Morgan fingerprint density at radius 1 is 1.22 bits per heavy atom. The van der Waals surface area contributed by atoms with Crippen LogP contribution in [0.1, 0.15) is 11.1 Å². The molecule has 18 heavy (non-hydrogen) atoms. The van der Waals surface area contributed by atoms with Gasteiger partial charge in [-0.25, -0.2) is 0 Å². The van der Waals surface area contributed by atoms with Gasteiger partial charge in [-0.15, -0.1) is 0 Å². The lowest BCUT2D eigenvalue weighted by molar-refractivity contribution is -0.138. The number of hydrogen-bond donors (Lipinski definition) is 1. The smallest absolute Gasteiger partial charge is 0.399 e. The molecule has 0 amide bonds. The number of rotatable bonds is 2. The topological polar surface area (TPSA) is 38.5 Å². The van der Waals surface area contributed by atoms with E-state index in [0.29, 0.717) is 26.3 Å². The predicted octanol–water partition coefficient (Wildman–Crippen LogP) is 2.12. The summed E-state index contributed by atoms with van der Waals surface area (Å²) in [4.78, 5) is 1.95. The van der Waals surface area contributed by atoms with E-state index in [9.17, 15) is 13.2 Å². The SMILES string of the molecule is Nc1ccc(CN2CCOCC2)c(C(F)(F)F)c1. The van der Waals surface area contributed by atoms with Crippen molar-refractivity contribution in [2.75, 3.05) is 32.0 Å². The first-order chi connectivity index (χ1) is 8.47. The fourth-order valence-corrected chi connectivity index (χ4v) is 2.00. The minimum atomic E-state index is -4.36. The number of nitrogens with zero attached hydrogens (tertiary/aromatic N) is 1. The maximum Gasteiger partial charge on any atom is 0.416 e. The summed E-state index contributed by atoms with van der Waals surface area (Å²) in [7, 11) is 0. The molecule has 1 fully saturated rings. The Balaban J connectivity index is 2.21. The molecule has 0 bridgehead atoms. The van der Waals surface area contributed by atoms with E-state index in [1.54, 1.807) is 0 Å². The van der Waals surface area contributed by atoms with Crippen LogP contribution in [0.3, 0.4) is 0 Å². The standard InChI is InChI=1S/C12H15F3N2O/c13-12(14,15)11-7-10(16)2-1-9(11)8-17-3-5-18-6-4-17/h1-2,7H,3-6,8,16H2. The molecule has 0 saturated carbocycles. The predicted molar refractivity (Wildman–Crippen MR) is 62.0 cm³/mol. The average Bonchev–Trinajstić information content (AvgIpc) is 2.31. The summed E-state index contributed by atoms with van der Waals surface area (Å²) in [5, 5.41) is 0. The van der Waals surface area contributed by atoms with Gasteiger partial charge >= 0.3 is 6.18 Å². The molecule has 0 aliphatic carbocycles. The van der Waals surface area contributed by atoms with E-state index in [0.717, 1.165) is 6.07 Å². The number of nitrogen functional groups attached to an aromatic ring is 1. The second-order valence-electron chi connectivity index (χ2n) is 4.30. The molecular formula is C12H15F3N2O. The third kappa shape index (κ3) is 3.14. The molecule has 0 atom stereocenters. The summed E-state index contributed by atoms with van der Waals surface area (Å²) >= 11 is 0. The second kappa shape index (κ2) is 5.16. The Kier molecular flexibility index (Phi) is 3.77. The van der Waals surface area contributed by atoms with Crippen molar-refractivity contribution >= 4 is 5.69 Å². The Morgan fingerprint density at radius 3 is 2.50 bits per heavy atom. The summed E-state index contributed by atoms with van der Waals surface area (Å²) in [5.41, 5.74) is 5.17. The Hall–Kier alpha value is -1.27.